The van der Waals surface area contributed by atoms with Gasteiger partial charge < -0.3 is 24.6 Å². The predicted molar refractivity (Wildman–Crippen MR) is 110 cm³/mol. The molecule has 2 heterocycles. The van der Waals surface area contributed by atoms with Crippen LogP contribution in [-0.2, 0) is 4.79 Å². The summed E-state index contributed by atoms with van der Waals surface area (Å²) < 4.78 is 10.7. The minimum atomic E-state index is -0.188. The van der Waals surface area contributed by atoms with E-state index in [9.17, 15) is 14.4 Å². The lowest BCUT2D eigenvalue weighted by Gasteiger charge is -2.22. The number of anilines is 1. The summed E-state index contributed by atoms with van der Waals surface area (Å²) in [7, 11) is 0. The topological polar surface area (TPSA) is 88.2 Å². The van der Waals surface area contributed by atoms with Crippen molar-refractivity contribution in [2.75, 3.05) is 38.3 Å². The predicted octanol–water partition coefficient (Wildman–Crippen LogP) is 2.36. The zero-order valence-electron chi connectivity index (χ0n) is 16.7. The molecule has 1 N–H and O–H groups in total. The molecular weight excluding hydrogens is 386 g/mol. The van der Waals surface area contributed by atoms with Gasteiger partial charge >= 0.3 is 0 Å². The third-order valence-electron chi connectivity index (χ3n) is 5.12. The number of hydrogen-bond acceptors (Lipinski definition) is 5. The van der Waals surface area contributed by atoms with Crippen LogP contribution in [0.15, 0.2) is 42.5 Å². The van der Waals surface area contributed by atoms with Crippen LogP contribution in [0.2, 0.25) is 0 Å². The van der Waals surface area contributed by atoms with Crippen LogP contribution >= 0.6 is 0 Å². The Kier molecular flexibility index (Phi) is 5.56. The first kappa shape index (κ1) is 19.8. The van der Waals surface area contributed by atoms with Gasteiger partial charge in [-0.05, 0) is 42.8 Å². The van der Waals surface area contributed by atoms with Crippen molar-refractivity contribution in [3.63, 3.8) is 0 Å². The van der Waals surface area contributed by atoms with E-state index < -0.39 is 0 Å². The minimum absolute atomic E-state index is 0.0877. The van der Waals surface area contributed by atoms with Crippen molar-refractivity contribution in [3.05, 3.63) is 53.6 Å². The number of rotatable bonds is 3. The van der Waals surface area contributed by atoms with E-state index in [1.54, 1.807) is 52.3 Å². The van der Waals surface area contributed by atoms with Crippen LogP contribution in [0.1, 0.15) is 34.1 Å². The van der Waals surface area contributed by atoms with Gasteiger partial charge in [0.15, 0.2) is 11.5 Å². The molecule has 0 aliphatic carbocycles. The third kappa shape index (κ3) is 4.22. The van der Waals surface area contributed by atoms with Crippen LogP contribution < -0.4 is 14.8 Å². The summed E-state index contributed by atoms with van der Waals surface area (Å²) >= 11 is 0. The molecule has 1 saturated heterocycles. The van der Waals surface area contributed by atoms with Crippen molar-refractivity contribution in [3.8, 4) is 11.5 Å². The molecule has 4 rings (SSSR count). The summed E-state index contributed by atoms with van der Waals surface area (Å²) in [5.41, 5.74) is 1.64. The molecule has 0 unspecified atom stereocenters. The molecule has 2 aliphatic heterocycles. The maximum Gasteiger partial charge on any atom is 0.254 e. The second-order valence-corrected chi connectivity index (χ2v) is 7.27. The van der Waals surface area contributed by atoms with E-state index in [-0.39, 0.29) is 24.5 Å². The van der Waals surface area contributed by atoms with Crippen molar-refractivity contribution >= 4 is 23.4 Å². The number of ether oxygens (including phenoxy) is 2. The quantitative estimate of drug-likeness (QED) is 0.841. The Morgan fingerprint density at radius 1 is 0.833 bits per heavy atom. The first-order chi connectivity index (χ1) is 14.5. The molecule has 0 atom stereocenters. The molecule has 2 aromatic carbocycles. The summed E-state index contributed by atoms with van der Waals surface area (Å²) in [6.45, 7) is 3.62. The lowest BCUT2D eigenvalue weighted by Crippen LogP contribution is -2.37. The Morgan fingerprint density at radius 2 is 1.50 bits per heavy atom. The third-order valence-corrected chi connectivity index (χ3v) is 5.12. The lowest BCUT2D eigenvalue weighted by molar-refractivity contribution is -0.114. The Hall–Kier alpha value is -3.55. The molecule has 156 valence electrons. The molecule has 3 amide bonds. The number of nitrogens with one attached hydrogen (secondary N) is 1. The molecule has 8 heteroatoms. The van der Waals surface area contributed by atoms with Crippen LogP contribution in [0, 0.1) is 0 Å². The average molecular weight is 409 g/mol. The smallest absolute Gasteiger partial charge is 0.254 e. The molecular formula is C22H23N3O5. The van der Waals surface area contributed by atoms with Crippen molar-refractivity contribution in [1.29, 1.82) is 0 Å². The Morgan fingerprint density at radius 3 is 2.20 bits per heavy atom. The van der Waals surface area contributed by atoms with Gasteiger partial charge in [0.2, 0.25) is 12.7 Å². The highest BCUT2D eigenvalue weighted by atomic mass is 16.7. The number of fused-ring (bicyclic) bond motifs is 1. The van der Waals surface area contributed by atoms with E-state index in [1.165, 1.54) is 6.92 Å². The molecule has 8 nitrogen and oxygen atoms in total. The monoisotopic (exact) mass is 409 g/mol. The summed E-state index contributed by atoms with van der Waals surface area (Å²) in [6, 6.07) is 12.1. The highest BCUT2D eigenvalue weighted by molar-refractivity contribution is 5.97. The highest BCUT2D eigenvalue weighted by Crippen LogP contribution is 2.32. The second kappa shape index (κ2) is 8.44. The SMILES string of the molecule is CC(=O)Nc1cccc(C(=O)N2CCCN(C(=O)c3ccc4c(c3)OCO4)CC2)c1. The van der Waals surface area contributed by atoms with E-state index >= 15 is 0 Å². The molecule has 0 radical (unpaired) electrons. The number of carbonyl (C=O) groups is 3. The molecule has 1 fully saturated rings. The van der Waals surface area contributed by atoms with Crippen molar-refractivity contribution < 1.29 is 23.9 Å². The van der Waals surface area contributed by atoms with Crippen molar-refractivity contribution in [1.82, 2.24) is 9.80 Å². The van der Waals surface area contributed by atoms with Crippen LogP contribution in [0.3, 0.4) is 0 Å². The summed E-state index contributed by atoms with van der Waals surface area (Å²) in [4.78, 5) is 40.7. The fraction of sp³-hybridized carbons (Fsp3) is 0.318. The van der Waals surface area contributed by atoms with Gasteiger partial charge in [0, 0.05) is 49.9 Å². The number of nitrogens with zero attached hydrogens (tertiary/aromatic N) is 2. The second-order valence-electron chi connectivity index (χ2n) is 7.27. The molecule has 2 aliphatic rings. The van der Waals surface area contributed by atoms with Crippen LogP contribution in [0.5, 0.6) is 11.5 Å². The van der Waals surface area contributed by atoms with Crippen LogP contribution in [-0.4, -0.2) is 60.5 Å². The van der Waals surface area contributed by atoms with Gasteiger partial charge in [0.25, 0.3) is 11.8 Å². The van der Waals surface area contributed by atoms with E-state index in [2.05, 4.69) is 5.32 Å². The van der Waals surface area contributed by atoms with E-state index in [0.29, 0.717) is 60.9 Å². The maximum atomic E-state index is 12.9. The van der Waals surface area contributed by atoms with Gasteiger partial charge in [-0.3, -0.25) is 14.4 Å². The molecule has 0 saturated carbocycles. The number of amides is 3. The largest absolute Gasteiger partial charge is 0.454 e. The zero-order chi connectivity index (χ0) is 21.1. The zero-order valence-corrected chi connectivity index (χ0v) is 16.7. The number of hydrogen-bond donors (Lipinski definition) is 1. The number of carbonyl (C=O) groups excluding carboxylic acids is 3. The molecule has 30 heavy (non-hydrogen) atoms. The molecule has 2 aromatic rings. The Labute approximate surface area is 174 Å². The van der Waals surface area contributed by atoms with Gasteiger partial charge in [-0.15, -0.1) is 0 Å². The maximum absolute atomic E-state index is 12.9. The standard InChI is InChI=1S/C22H23N3O5/c1-15(26)23-18-5-2-4-16(12-18)21(27)24-8-3-9-25(11-10-24)22(28)17-6-7-19-20(13-17)30-14-29-19/h2,4-7,12-13H,3,8-11,14H2,1H3,(H,23,26). The number of benzene rings is 2. The first-order valence-electron chi connectivity index (χ1n) is 9.87. The Balaban J connectivity index is 1.42. The van der Waals surface area contributed by atoms with Gasteiger partial charge in [0.05, 0.1) is 0 Å². The normalized spacial score (nSPS) is 15.5. The van der Waals surface area contributed by atoms with E-state index in [1.807, 2.05) is 0 Å². The molecule has 0 aromatic heterocycles. The average Bonchev–Trinajstić information content (AvgIpc) is 3.07. The highest BCUT2D eigenvalue weighted by Gasteiger charge is 2.25. The van der Waals surface area contributed by atoms with Gasteiger partial charge in [0.1, 0.15) is 0 Å². The fourth-order valence-electron chi connectivity index (χ4n) is 3.65. The lowest BCUT2D eigenvalue weighted by atomic mass is 10.1. The minimum Gasteiger partial charge on any atom is -0.454 e. The van der Waals surface area contributed by atoms with E-state index in [4.69, 9.17) is 9.47 Å². The van der Waals surface area contributed by atoms with Crippen LogP contribution in [0.4, 0.5) is 5.69 Å². The summed E-state index contributed by atoms with van der Waals surface area (Å²) in [5, 5.41) is 2.69. The van der Waals surface area contributed by atoms with Gasteiger partial charge in [-0.2, -0.15) is 0 Å². The van der Waals surface area contributed by atoms with Crippen molar-refractivity contribution in [2.45, 2.75) is 13.3 Å². The summed E-state index contributed by atoms with van der Waals surface area (Å²) in [6.07, 6.45) is 0.688. The molecule has 0 bridgehead atoms. The Bertz CT molecular complexity index is 990. The summed E-state index contributed by atoms with van der Waals surface area (Å²) in [5.74, 6) is 0.828. The molecule has 0 spiro atoms. The van der Waals surface area contributed by atoms with Crippen molar-refractivity contribution in [2.24, 2.45) is 0 Å². The van der Waals surface area contributed by atoms with E-state index in [0.717, 1.165) is 0 Å². The van der Waals surface area contributed by atoms with Gasteiger partial charge in [-0.1, -0.05) is 6.07 Å². The first-order valence-corrected chi connectivity index (χ1v) is 9.87. The fourth-order valence-corrected chi connectivity index (χ4v) is 3.65. The van der Waals surface area contributed by atoms with Gasteiger partial charge in [-0.25, -0.2) is 0 Å². The van der Waals surface area contributed by atoms with Crippen LogP contribution in [0.25, 0.3) is 0 Å².